The van der Waals surface area contributed by atoms with Gasteiger partial charge in [-0.3, -0.25) is 10.2 Å². The average molecular weight is 229 g/mol. The second kappa shape index (κ2) is 4.59. The maximum atomic E-state index is 11.1. The summed E-state index contributed by atoms with van der Waals surface area (Å²) in [6.45, 7) is 3.09. The van der Waals surface area contributed by atoms with Gasteiger partial charge in [-0.15, -0.1) is 0 Å². The third kappa shape index (κ3) is 2.31. The lowest BCUT2D eigenvalue weighted by Crippen LogP contribution is -2.48. The Kier molecular flexibility index (Phi) is 3.15. The summed E-state index contributed by atoms with van der Waals surface area (Å²) in [6.07, 6.45) is 0. The zero-order valence-electron chi connectivity index (χ0n) is 9.71. The Hall–Kier alpha value is -1.81. The number of hydrogen-bond acceptors (Lipinski definition) is 4. The number of nitrogens with one attached hydrogen (secondary N) is 3. The van der Waals surface area contributed by atoms with E-state index in [1.807, 2.05) is 0 Å². The van der Waals surface area contributed by atoms with Crippen LogP contribution in [0.5, 0.6) is 0 Å². The first kappa shape index (κ1) is 11.7. The van der Waals surface area contributed by atoms with Crippen LogP contribution in [-0.2, 0) is 0 Å². The minimum Gasteiger partial charge on any atom is -0.315 e. The molecular formula is C13H15N3O. The zero-order valence-corrected chi connectivity index (χ0v) is 9.71. The summed E-state index contributed by atoms with van der Waals surface area (Å²) >= 11 is 0. The molecule has 0 bridgehead atoms. The van der Waals surface area contributed by atoms with Crippen molar-refractivity contribution in [3.05, 3.63) is 35.4 Å². The summed E-state index contributed by atoms with van der Waals surface area (Å²) in [5.74, 6) is 0.177. The van der Waals surface area contributed by atoms with Crippen LogP contribution >= 0.6 is 0 Å². The van der Waals surface area contributed by atoms with Crippen molar-refractivity contribution in [2.45, 2.75) is 6.92 Å². The first-order valence-electron chi connectivity index (χ1n) is 5.59. The molecule has 0 radical (unpaired) electrons. The molecule has 1 fully saturated rings. The van der Waals surface area contributed by atoms with E-state index >= 15 is 0 Å². The average Bonchev–Trinajstić information content (AvgIpc) is 2.25. The molecule has 0 spiro atoms. The molecule has 0 unspecified atom stereocenters. The smallest absolute Gasteiger partial charge is 0.159 e. The third-order valence-corrected chi connectivity index (χ3v) is 3.04. The molecule has 1 saturated heterocycles. The van der Waals surface area contributed by atoms with Crippen LogP contribution in [-0.4, -0.2) is 30.3 Å². The predicted molar refractivity (Wildman–Crippen MR) is 67.4 cm³/mol. The molecule has 1 aliphatic heterocycles. The quantitative estimate of drug-likeness (QED) is 0.540. The van der Waals surface area contributed by atoms with Crippen LogP contribution in [0.3, 0.4) is 0 Å². The van der Waals surface area contributed by atoms with Crippen molar-refractivity contribution in [3.8, 4) is 0 Å². The normalized spacial score (nSPS) is 15.1. The highest BCUT2D eigenvalue weighted by Gasteiger charge is 2.24. The van der Waals surface area contributed by atoms with Gasteiger partial charge in [0.1, 0.15) is 0 Å². The lowest BCUT2D eigenvalue weighted by Gasteiger charge is -2.27. The van der Waals surface area contributed by atoms with Crippen LogP contribution in [0.25, 0.3) is 0 Å². The SMILES string of the molecule is CC(=O)c1ccc(C(=N)C(=N)C2CNC2)cc1. The summed E-state index contributed by atoms with van der Waals surface area (Å²) in [4.78, 5) is 11.1. The standard InChI is InChI=1S/C13H15N3O/c1-8(17)9-2-4-10(5-3-9)12(14)13(15)11-6-16-7-11/h2-5,11,14-16H,6-7H2,1H3. The number of ketones is 1. The largest absolute Gasteiger partial charge is 0.315 e. The van der Waals surface area contributed by atoms with Gasteiger partial charge in [0.15, 0.2) is 5.78 Å². The Morgan fingerprint density at radius 2 is 1.71 bits per heavy atom. The van der Waals surface area contributed by atoms with Gasteiger partial charge < -0.3 is 10.7 Å². The Labute approximate surface area is 100 Å². The van der Waals surface area contributed by atoms with Gasteiger partial charge in [-0.25, -0.2) is 0 Å². The van der Waals surface area contributed by atoms with Crippen molar-refractivity contribution >= 4 is 17.2 Å². The fourth-order valence-electron chi connectivity index (χ4n) is 1.72. The van der Waals surface area contributed by atoms with Crippen LogP contribution in [0, 0.1) is 16.7 Å². The van der Waals surface area contributed by atoms with Crippen LogP contribution in [0.15, 0.2) is 24.3 Å². The number of Topliss-reactive ketones (excluding diaryl/α,β-unsaturated/α-hetero) is 1. The van der Waals surface area contributed by atoms with E-state index in [4.69, 9.17) is 10.8 Å². The zero-order chi connectivity index (χ0) is 12.4. The predicted octanol–water partition coefficient (Wildman–Crippen LogP) is 1.50. The van der Waals surface area contributed by atoms with Crippen LogP contribution in [0.2, 0.25) is 0 Å². The molecular weight excluding hydrogens is 214 g/mol. The van der Waals surface area contributed by atoms with E-state index in [9.17, 15) is 4.79 Å². The third-order valence-electron chi connectivity index (χ3n) is 3.04. The molecule has 4 heteroatoms. The van der Waals surface area contributed by atoms with Gasteiger partial charge in [0.05, 0.1) is 11.4 Å². The highest BCUT2D eigenvalue weighted by Crippen LogP contribution is 2.12. The second-order valence-electron chi connectivity index (χ2n) is 4.28. The molecule has 0 saturated carbocycles. The summed E-state index contributed by atoms with van der Waals surface area (Å²) in [6, 6.07) is 6.89. The lowest BCUT2D eigenvalue weighted by atomic mass is 9.90. The van der Waals surface area contributed by atoms with E-state index in [-0.39, 0.29) is 17.4 Å². The van der Waals surface area contributed by atoms with E-state index in [2.05, 4.69) is 5.32 Å². The second-order valence-corrected chi connectivity index (χ2v) is 4.28. The first-order valence-corrected chi connectivity index (χ1v) is 5.59. The fraction of sp³-hybridized carbons (Fsp3) is 0.308. The summed E-state index contributed by atoms with van der Waals surface area (Å²) in [5.41, 5.74) is 1.97. The molecule has 1 aromatic rings. The molecule has 3 N–H and O–H groups in total. The molecule has 0 aliphatic carbocycles. The van der Waals surface area contributed by atoms with Crippen molar-refractivity contribution in [1.82, 2.24) is 5.32 Å². The van der Waals surface area contributed by atoms with E-state index in [0.29, 0.717) is 16.8 Å². The molecule has 0 atom stereocenters. The first-order chi connectivity index (χ1) is 8.09. The highest BCUT2D eigenvalue weighted by molar-refractivity contribution is 6.47. The number of carbonyl (C=O) groups excluding carboxylic acids is 1. The molecule has 88 valence electrons. The van der Waals surface area contributed by atoms with Crippen LogP contribution in [0.4, 0.5) is 0 Å². The van der Waals surface area contributed by atoms with E-state index < -0.39 is 0 Å². The molecule has 0 amide bonds. The summed E-state index contributed by atoms with van der Waals surface area (Å²) in [7, 11) is 0. The molecule has 1 aliphatic rings. The van der Waals surface area contributed by atoms with Gasteiger partial charge >= 0.3 is 0 Å². The van der Waals surface area contributed by atoms with E-state index in [1.54, 1.807) is 24.3 Å². The van der Waals surface area contributed by atoms with Crippen molar-refractivity contribution in [2.75, 3.05) is 13.1 Å². The Morgan fingerprint density at radius 1 is 1.18 bits per heavy atom. The molecule has 4 nitrogen and oxygen atoms in total. The number of rotatable bonds is 4. The van der Waals surface area contributed by atoms with E-state index in [1.165, 1.54) is 6.92 Å². The minimum absolute atomic E-state index is 0.0151. The summed E-state index contributed by atoms with van der Waals surface area (Å²) in [5, 5.41) is 18.9. The molecule has 1 heterocycles. The maximum absolute atomic E-state index is 11.1. The molecule has 1 aromatic carbocycles. The highest BCUT2D eigenvalue weighted by atomic mass is 16.1. The van der Waals surface area contributed by atoms with Crippen LogP contribution < -0.4 is 5.32 Å². The maximum Gasteiger partial charge on any atom is 0.159 e. The monoisotopic (exact) mass is 229 g/mol. The topological polar surface area (TPSA) is 76.8 Å². The van der Waals surface area contributed by atoms with Crippen LogP contribution in [0.1, 0.15) is 22.8 Å². The molecule has 0 aromatic heterocycles. The van der Waals surface area contributed by atoms with Crippen molar-refractivity contribution in [2.24, 2.45) is 5.92 Å². The number of hydrogen-bond donors (Lipinski definition) is 3. The van der Waals surface area contributed by atoms with Gasteiger partial charge in [0.25, 0.3) is 0 Å². The Balaban J connectivity index is 2.13. The number of carbonyl (C=O) groups is 1. The van der Waals surface area contributed by atoms with Crippen molar-refractivity contribution in [3.63, 3.8) is 0 Å². The van der Waals surface area contributed by atoms with Crippen molar-refractivity contribution < 1.29 is 4.79 Å². The van der Waals surface area contributed by atoms with Gasteiger partial charge in [-0.05, 0) is 6.92 Å². The van der Waals surface area contributed by atoms with E-state index in [0.717, 1.165) is 13.1 Å². The van der Waals surface area contributed by atoms with Crippen molar-refractivity contribution in [1.29, 1.82) is 10.8 Å². The Morgan fingerprint density at radius 3 is 2.12 bits per heavy atom. The number of benzene rings is 1. The van der Waals surface area contributed by atoms with Gasteiger partial charge in [-0.1, -0.05) is 24.3 Å². The van der Waals surface area contributed by atoms with Gasteiger partial charge in [-0.2, -0.15) is 0 Å². The van der Waals surface area contributed by atoms with Gasteiger partial charge in [0, 0.05) is 30.1 Å². The van der Waals surface area contributed by atoms with Gasteiger partial charge in [0.2, 0.25) is 0 Å². The minimum atomic E-state index is 0.0151. The Bertz CT molecular complexity index is 472. The fourth-order valence-corrected chi connectivity index (χ4v) is 1.72. The lowest BCUT2D eigenvalue weighted by molar-refractivity contribution is 0.101. The molecule has 2 rings (SSSR count). The summed E-state index contributed by atoms with van der Waals surface area (Å²) < 4.78 is 0. The molecule has 17 heavy (non-hydrogen) atoms.